The lowest BCUT2D eigenvalue weighted by Crippen LogP contribution is -2.56. The Labute approximate surface area is 134 Å². The summed E-state index contributed by atoms with van der Waals surface area (Å²) in [6, 6.07) is 4.90. The molecule has 1 saturated carbocycles. The van der Waals surface area contributed by atoms with Crippen LogP contribution >= 0.6 is 11.6 Å². The van der Waals surface area contributed by atoms with E-state index in [1.54, 1.807) is 18.2 Å². The van der Waals surface area contributed by atoms with Gasteiger partial charge in [0.15, 0.2) is 4.75 Å². The van der Waals surface area contributed by atoms with Crippen molar-refractivity contribution in [2.24, 2.45) is 0 Å². The standard InChI is InChI=1S/C14H18ClNO5S/c1-16(9-10-8-11(15)4-5-12(10)21-2)22(19,20)14(13(17)18)6-3-7-14/h4-5,8H,3,6-7,9H2,1-2H3,(H,17,18). The summed E-state index contributed by atoms with van der Waals surface area (Å²) >= 11 is 5.93. The van der Waals surface area contributed by atoms with E-state index in [1.165, 1.54) is 14.2 Å². The average molecular weight is 348 g/mol. The van der Waals surface area contributed by atoms with E-state index in [4.69, 9.17) is 16.3 Å². The van der Waals surface area contributed by atoms with Crippen molar-refractivity contribution in [3.8, 4) is 5.75 Å². The van der Waals surface area contributed by atoms with Gasteiger partial charge in [-0.1, -0.05) is 11.6 Å². The first-order valence-corrected chi connectivity index (χ1v) is 8.58. The molecule has 0 aliphatic heterocycles. The second kappa shape index (κ2) is 6.06. The molecule has 0 atom stereocenters. The van der Waals surface area contributed by atoms with Gasteiger partial charge in [-0.05, 0) is 37.5 Å². The van der Waals surface area contributed by atoms with Crippen LogP contribution in [0.4, 0.5) is 0 Å². The van der Waals surface area contributed by atoms with Gasteiger partial charge in [0.1, 0.15) is 5.75 Å². The molecular formula is C14H18ClNO5S. The minimum absolute atomic E-state index is 0.00109. The monoisotopic (exact) mass is 347 g/mol. The highest BCUT2D eigenvalue weighted by molar-refractivity contribution is 7.91. The smallest absolute Gasteiger partial charge is 0.326 e. The maximum Gasteiger partial charge on any atom is 0.326 e. The lowest BCUT2D eigenvalue weighted by molar-refractivity contribution is -0.142. The molecule has 1 fully saturated rings. The Balaban J connectivity index is 2.31. The summed E-state index contributed by atoms with van der Waals surface area (Å²) in [4.78, 5) is 11.4. The summed E-state index contributed by atoms with van der Waals surface area (Å²) in [6.45, 7) is 0.00109. The molecule has 0 spiro atoms. The maximum atomic E-state index is 12.6. The van der Waals surface area contributed by atoms with Crippen molar-refractivity contribution in [1.29, 1.82) is 0 Å². The molecule has 2 rings (SSSR count). The predicted molar refractivity (Wildman–Crippen MR) is 82.6 cm³/mol. The van der Waals surface area contributed by atoms with Gasteiger partial charge in [-0.25, -0.2) is 8.42 Å². The van der Waals surface area contributed by atoms with E-state index in [2.05, 4.69) is 0 Å². The van der Waals surface area contributed by atoms with Gasteiger partial charge in [-0.2, -0.15) is 4.31 Å². The number of nitrogens with zero attached hydrogens (tertiary/aromatic N) is 1. The van der Waals surface area contributed by atoms with E-state index in [-0.39, 0.29) is 19.4 Å². The third-order valence-corrected chi connectivity index (χ3v) is 6.85. The van der Waals surface area contributed by atoms with E-state index in [0.29, 0.717) is 22.8 Å². The Kier molecular flexibility index (Phi) is 4.70. The third kappa shape index (κ3) is 2.68. The van der Waals surface area contributed by atoms with Crippen LogP contribution in [0.1, 0.15) is 24.8 Å². The number of halogens is 1. The van der Waals surface area contributed by atoms with Crippen molar-refractivity contribution in [3.63, 3.8) is 0 Å². The summed E-state index contributed by atoms with van der Waals surface area (Å²) in [5, 5.41) is 9.78. The molecule has 0 radical (unpaired) electrons. The molecule has 0 unspecified atom stereocenters. The molecule has 0 heterocycles. The van der Waals surface area contributed by atoms with Gasteiger partial charge in [0.2, 0.25) is 10.0 Å². The van der Waals surface area contributed by atoms with Crippen LogP contribution in [0.2, 0.25) is 5.02 Å². The molecule has 0 bridgehead atoms. The first-order chi connectivity index (χ1) is 10.2. The lowest BCUT2D eigenvalue weighted by Gasteiger charge is -2.39. The molecule has 0 aromatic heterocycles. The number of ether oxygens (including phenoxy) is 1. The lowest BCUT2D eigenvalue weighted by atomic mass is 9.84. The van der Waals surface area contributed by atoms with Crippen molar-refractivity contribution in [2.75, 3.05) is 14.2 Å². The summed E-state index contributed by atoms with van der Waals surface area (Å²) in [7, 11) is -1.11. The molecular weight excluding hydrogens is 330 g/mol. The number of hydrogen-bond acceptors (Lipinski definition) is 4. The summed E-state index contributed by atoms with van der Waals surface area (Å²) in [5.41, 5.74) is 0.584. The Hall–Kier alpha value is -1.31. The second-order valence-corrected chi connectivity index (χ2v) is 8.16. The average Bonchev–Trinajstić information content (AvgIpc) is 2.36. The second-order valence-electron chi connectivity index (χ2n) is 5.37. The molecule has 1 N–H and O–H groups in total. The third-order valence-electron chi connectivity index (χ3n) is 4.09. The zero-order valence-electron chi connectivity index (χ0n) is 12.4. The molecule has 122 valence electrons. The molecule has 1 aromatic rings. The first-order valence-electron chi connectivity index (χ1n) is 6.76. The zero-order valence-corrected chi connectivity index (χ0v) is 13.9. The SMILES string of the molecule is COc1ccc(Cl)cc1CN(C)S(=O)(=O)C1(C(=O)O)CCC1. The predicted octanol–water partition coefficient (Wildman–Crippen LogP) is 2.12. The van der Waals surface area contributed by atoms with Gasteiger partial charge in [0.05, 0.1) is 7.11 Å². The Bertz CT molecular complexity index is 684. The number of benzene rings is 1. The number of methoxy groups -OCH3 is 1. The topological polar surface area (TPSA) is 83.9 Å². The molecule has 22 heavy (non-hydrogen) atoms. The van der Waals surface area contributed by atoms with E-state index in [1.807, 2.05) is 0 Å². The van der Waals surface area contributed by atoms with E-state index in [9.17, 15) is 18.3 Å². The fourth-order valence-electron chi connectivity index (χ4n) is 2.57. The fraction of sp³-hybridized carbons (Fsp3) is 0.500. The zero-order chi connectivity index (χ0) is 16.5. The first kappa shape index (κ1) is 17.1. The number of aliphatic carboxylic acids is 1. The molecule has 1 aliphatic rings. The Morgan fingerprint density at radius 1 is 1.45 bits per heavy atom. The Morgan fingerprint density at radius 2 is 2.09 bits per heavy atom. The van der Waals surface area contributed by atoms with Crippen LogP contribution in [0.5, 0.6) is 5.75 Å². The van der Waals surface area contributed by atoms with Crippen molar-refractivity contribution < 1.29 is 23.1 Å². The minimum atomic E-state index is -3.96. The number of sulfonamides is 1. The highest BCUT2D eigenvalue weighted by atomic mass is 35.5. The molecule has 1 aromatic carbocycles. The van der Waals surface area contributed by atoms with Gasteiger partial charge in [-0.15, -0.1) is 0 Å². The van der Waals surface area contributed by atoms with Crippen LogP contribution in [0.15, 0.2) is 18.2 Å². The summed E-state index contributed by atoms with van der Waals surface area (Å²) in [6.07, 6.45) is 0.878. The fourth-order valence-corrected chi connectivity index (χ4v) is 4.70. The van der Waals surface area contributed by atoms with Crippen LogP contribution in [0.3, 0.4) is 0 Å². The van der Waals surface area contributed by atoms with Crippen LogP contribution in [0, 0.1) is 0 Å². The number of rotatable bonds is 6. The van der Waals surface area contributed by atoms with Gasteiger partial charge in [0, 0.05) is 24.2 Å². The normalized spacial score (nSPS) is 17.1. The van der Waals surface area contributed by atoms with Gasteiger partial charge >= 0.3 is 5.97 Å². The number of carbonyl (C=O) groups is 1. The van der Waals surface area contributed by atoms with Crippen molar-refractivity contribution in [2.45, 2.75) is 30.6 Å². The van der Waals surface area contributed by atoms with E-state index in [0.717, 1.165) is 4.31 Å². The molecule has 1 aliphatic carbocycles. The number of hydrogen-bond donors (Lipinski definition) is 1. The Morgan fingerprint density at radius 3 is 2.55 bits per heavy atom. The molecule has 6 nitrogen and oxygen atoms in total. The minimum Gasteiger partial charge on any atom is -0.496 e. The number of carboxylic acids is 1. The van der Waals surface area contributed by atoms with E-state index >= 15 is 0 Å². The van der Waals surface area contributed by atoms with Crippen molar-refractivity contribution >= 4 is 27.6 Å². The van der Waals surface area contributed by atoms with Gasteiger partial charge in [-0.3, -0.25) is 4.79 Å². The van der Waals surface area contributed by atoms with Crippen LogP contribution in [0.25, 0.3) is 0 Å². The highest BCUT2D eigenvalue weighted by Gasteiger charge is 2.57. The van der Waals surface area contributed by atoms with Crippen LogP contribution in [-0.2, 0) is 21.4 Å². The van der Waals surface area contributed by atoms with Crippen LogP contribution in [-0.4, -0.2) is 42.7 Å². The van der Waals surface area contributed by atoms with Gasteiger partial charge in [0.25, 0.3) is 0 Å². The largest absolute Gasteiger partial charge is 0.496 e. The number of carboxylic acid groups (broad SMARTS) is 1. The van der Waals surface area contributed by atoms with Gasteiger partial charge < -0.3 is 9.84 Å². The summed E-state index contributed by atoms with van der Waals surface area (Å²) in [5.74, 6) is -0.784. The quantitative estimate of drug-likeness (QED) is 0.852. The van der Waals surface area contributed by atoms with Crippen molar-refractivity contribution in [1.82, 2.24) is 4.31 Å². The molecule has 8 heteroatoms. The van der Waals surface area contributed by atoms with E-state index < -0.39 is 20.7 Å². The maximum absolute atomic E-state index is 12.6. The highest BCUT2D eigenvalue weighted by Crippen LogP contribution is 2.41. The van der Waals surface area contributed by atoms with Crippen LogP contribution < -0.4 is 4.74 Å². The molecule has 0 saturated heterocycles. The molecule has 0 amide bonds. The van der Waals surface area contributed by atoms with Crippen molar-refractivity contribution in [3.05, 3.63) is 28.8 Å². The summed E-state index contributed by atoms with van der Waals surface area (Å²) < 4.78 is 29.8.